The van der Waals surface area contributed by atoms with Crippen LogP contribution >= 0.6 is 0 Å². The summed E-state index contributed by atoms with van der Waals surface area (Å²) in [6.07, 6.45) is 3.43. The van der Waals surface area contributed by atoms with Gasteiger partial charge in [-0.2, -0.15) is 0 Å². The lowest BCUT2D eigenvalue weighted by Gasteiger charge is -2.13. The minimum Gasteiger partial charge on any atom is -0.480 e. The van der Waals surface area contributed by atoms with Gasteiger partial charge >= 0.3 is 5.97 Å². The van der Waals surface area contributed by atoms with Crippen LogP contribution < -0.4 is 5.32 Å². The van der Waals surface area contributed by atoms with E-state index in [1.54, 1.807) is 6.92 Å². The molecule has 1 unspecified atom stereocenters. The van der Waals surface area contributed by atoms with Crippen LogP contribution in [0.3, 0.4) is 0 Å². The van der Waals surface area contributed by atoms with E-state index in [1.807, 2.05) is 6.92 Å². The predicted molar refractivity (Wildman–Crippen MR) is 71.2 cm³/mol. The van der Waals surface area contributed by atoms with Crippen molar-refractivity contribution in [2.24, 2.45) is 5.92 Å². The van der Waals surface area contributed by atoms with Gasteiger partial charge < -0.3 is 14.9 Å². The van der Waals surface area contributed by atoms with Crippen LogP contribution in [-0.4, -0.2) is 28.2 Å². The maximum atomic E-state index is 11.9. The number of carboxylic acid groups (broad SMARTS) is 1. The van der Waals surface area contributed by atoms with Gasteiger partial charge in [0.1, 0.15) is 11.8 Å². The molecule has 1 aromatic heterocycles. The Hall–Kier alpha value is -1.85. The van der Waals surface area contributed by atoms with Gasteiger partial charge in [-0.1, -0.05) is 18.0 Å². The van der Waals surface area contributed by atoms with Crippen molar-refractivity contribution in [3.63, 3.8) is 0 Å². The molecule has 0 bridgehead atoms. The lowest BCUT2D eigenvalue weighted by atomic mass is 10.1. The van der Waals surface area contributed by atoms with Crippen LogP contribution in [0.5, 0.6) is 0 Å². The highest BCUT2D eigenvalue weighted by molar-refractivity contribution is 5.83. The average Bonchev–Trinajstić information content (AvgIpc) is 3.14. The summed E-state index contributed by atoms with van der Waals surface area (Å²) in [6.45, 7) is 3.64. The summed E-state index contributed by atoms with van der Waals surface area (Å²) >= 11 is 0. The van der Waals surface area contributed by atoms with Gasteiger partial charge in [0.15, 0.2) is 0 Å². The van der Waals surface area contributed by atoms with Gasteiger partial charge in [0.25, 0.3) is 0 Å². The van der Waals surface area contributed by atoms with E-state index >= 15 is 0 Å². The zero-order valence-corrected chi connectivity index (χ0v) is 11.8. The summed E-state index contributed by atoms with van der Waals surface area (Å²) in [5, 5.41) is 15.5. The maximum absolute atomic E-state index is 11.9. The van der Waals surface area contributed by atoms with Gasteiger partial charge in [0, 0.05) is 12.0 Å². The Morgan fingerprint density at radius 3 is 2.65 bits per heavy atom. The van der Waals surface area contributed by atoms with Crippen molar-refractivity contribution in [2.45, 2.75) is 52.0 Å². The van der Waals surface area contributed by atoms with Crippen molar-refractivity contribution in [1.82, 2.24) is 10.5 Å². The maximum Gasteiger partial charge on any atom is 0.326 e. The van der Waals surface area contributed by atoms with Crippen LogP contribution in [0.2, 0.25) is 0 Å². The van der Waals surface area contributed by atoms with Gasteiger partial charge in [-0.25, -0.2) is 4.79 Å². The molecular weight excluding hydrogens is 260 g/mol. The quantitative estimate of drug-likeness (QED) is 0.791. The smallest absolute Gasteiger partial charge is 0.326 e. The van der Waals surface area contributed by atoms with E-state index in [9.17, 15) is 9.59 Å². The number of carbonyl (C=O) groups is 2. The number of hydrogen-bond donors (Lipinski definition) is 2. The second-order valence-corrected chi connectivity index (χ2v) is 5.44. The minimum absolute atomic E-state index is 0.238. The van der Waals surface area contributed by atoms with Gasteiger partial charge in [0.05, 0.1) is 5.69 Å². The van der Waals surface area contributed by atoms with Crippen molar-refractivity contribution in [2.75, 3.05) is 0 Å². The molecule has 1 fully saturated rings. The largest absolute Gasteiger partial charge is 0.480 e. The highest BCUT2D eigenvalue weighted by Gasteiger charge is 2.30. The Labute approximate surface area is 117 Å². The summed E-state index contributed by atoms with van der Waals surface area (Å²) in [4.78, 5) is 23.0. The molecule has 20 heavy (non-hydrogen) atoms. The molecule has 1 heterocycles. The molecule has 2 N–H and O–H groups in total. The van der Waals surface area contributed by atoms with E-state index in [1.165, 1.54) is 0 Å². The number of nitrogens with one attached hydrogen (secondary N) is 1. The third-order valence-corrected chi connectivity index (χ3v) is 3.68. The predicted octanol–water partition coefficient (Wildman–Crippen LogP) is 1.59. The first-order valence-corrected chi connectivity index (χ1v) is 6.91. The van der Waals surface area contributed by atoms with E-state index in [0.29, 0.717) is 24.5 Å². The first-order valence-electron chi connectivity index (χ1n) is 6.91. The van der Waals surface area contributed by atoms with Crippen LogP contribution in [0.15, 0.2) is 4.52 Å². The molecule has 0 spiro atoms. The van der Waals surface area contributed by atoms with Crippen LogP contribution in [0.25, 0.3) is 0 Å². The second kappa shape index (κ2) is 6.07. The van der Waals surface area contributed by atoms with Gasteiger partial charge in [0.2, 0.25) is 5.91 Å². The van der Waals surface area contributed by atoms with Crippen LogP contribution in [0.1, 0.15) is 42.7 Å². The van der Waals surface area contributed by atoms with Gasteiger partial charge in [-0.05, 0) is 32.6 Å². The third-order valence-electron chi connectivity index (χ3n) is 3.68. The molecule has 1 aromatic rings. The van der Waals surface area contributed by atoms with Crippen molar-refractivity contribution in [3.8, 4) is 0 Å². The van der Waals surface area contributed by atoms with Crippen molar-refractivity contribution in [1.29, 1.82) is 0 Å². The fourth-order valence-corrected chi connectivity index (χ4v) is 2.27. The molecule has 110 valence electrons. The molecule has 6 nitrogen and oxygen atoms in total. The molecule has 1 aliphatic rings. The monoisotopic (exact) mass is 280 g/mol. The Morgan fingerprint density at radius 2 is 2.15 bits per heavy atom. The molecule has 1 saturated carbocycles. The SMILES string of the molecule is Cc1noc(C)c1CCC(=O)NC(CC1CC1)C(=O)O. The standard InChI is InChI=1S/C14H20N2O4/c1-8-11(9(2)20-16-8)5-6-13(17)15-12(14(18)19)7-10-3-4-10/h10,12H,3-7H2,1-2H3,(H,15,17)(H,18,19). The Bertz CT molecular complexity index is 486. The molecule has 1 amide bonds. The fourth-order valence-electron chi connectivity index (χ4n) is 2.27. The molecule has 6 heteroatoms. The first-order chi connectivity index (χ1) is 9.47. The lowest BCUT2D eigenvalue weighted by molar-refractivity contribution is -0.142. The van der Waals surface area contributed by atoms with Crippen LogP contribution in [-0.2, 0) is 16.0 Å². The third kappa shape index (κ3) is 3.82. The van der Waals surface area contributed by atoms with Crippen LogP contribution in [0, 0.1) is 19.8 Å². The van der Waals surface area contributed by atoms with Crippen molar-refractivity contribution >= 4 is 11.9 Å². The molecular formula is C14H20N2O4. The number of aryl methyl sites for hydroxylation is 2. The molecule has 0 aromatic carbocycles. The van der Waals surface area contributed by atoms with E-state index < -0.39 is 12.0 Å². The molecule has 1 atom stereocenters. The van der Waals surface area contributed by atoms with Gasteiger partial charge in [-0.3, -0.25) is 4.79 Å². The number of aliphatic carboxylic acids is 1. The summed E-state index contributed by atoms with van der Waals surface area (Å²) in [5.74, 6) is -0.0253. The number of carbonyl (C=O) groups excluding carboxylic acids is 1. The first kappa shape index (κ1) is 14.6. The molecule has 2 rings (SSSR count). The molecule has 1 aliphatic carbocycles. The molecule has 0 radical (unpaired) electrons. The Balaban J connectivity index is 1.83. The number of carboxylic acids is 1. The van der Waals surface area contributed by atoms with Crippen molar-refractivity contribution < 1.29 is 19.2 Å². The highest BCUT2D eigenvalue weighted by atomic mass is 16.5. The average molecular weight is 280 g/mol. The fraction of sp³-hybridized carbons (Fsp3) is 0.643. The highest BCUT2D eigenvalue weighted by Crippen LogP contribution is 2.33. The zero-order valence-electron chi connectivity index (χ0n) is 11.8. The number of rotatable bonds is 7. The van der Waals surface area contributed by atoms with E-state index in [-0.39, 0.29) is 12.3 Å². The second-order valence-electron chi connectivity index (χ2n) is 5.44. The molecule has 0 aliphatic heterocycles. The molecule has 0 saturated heterocycles. The summed E-state index contributed by atoms with van der Waals surface area (Å²) in [7, 11) is 0. The Kier molecular flexibility index (Phi) is 4.42. The van der Waals surface area contributed by atoms with E-state index in [0.717, 1.165) is 24.1 Å². The van der Waals surface area contributed by atoms with E-state index in [4.69, 9.17) is 9.63 Å². The minimum atomic E-state index is -0.956. The topological polar surface area (TPSA) is 92.4 Å². The number of nitrogens with zero attached hydrogens (tertiary/aromatic N) is 1. The summed E-state index contributed by atoms with van der Waals surface area (Å²) in [6, 6.07) is -0.764. The van der Waals surface area contributed by atoms with E-state index in [2.05, 4.69) is 10.5 Å². The number of hydrogen-bond acceptors (Lipinski definition) is 4. The number of amides is 1. The lowest BCUT2D eigenvalue weighted by Crippen LogP contribution is -2.41. The normalized spacial score (nSPS) is 15.9. The summed E-state index contributed by atoms with van der Waals surface area (Å²) in [5.41, 5.74) is 1.71. The van der Waals surface area contributed by atoms with Crippen LogP contribution in [0.4, 0.5) is 0 Å². The zero-order chi connectivity index (χ0) is 14.7. The summed E-state index contributed by atoms with van der Waals surface area (Å²) < 4.78 is 5.03. The number of aromatic nitrogens is 1. The van der Waals surface area contributed by atoms with Gasteiger partial charge in [-0.15, -0.1) is 0 Å². The Morgan fingerprint density at radius 1 is 1.45 bits per heavy atom. The van der Waals surface area contributed by atoms with Crippen molar-refractivity contribution in [3.05, 3.63) is 17.0 Å².